The number of carbonyl (C=O) groups is 1. The van der Waals surface area contributed by atoms with Crippen LogP contribution in [0.25, 0.3) is 0 Å². The Kier molecular flexibility index (Phi) is 4.06. The van der Waals surface area contributed by atoms with Crippen molar-refractivity contribution < 1.29 is 9.53 Å². The highest BCUT2D eigenvalue weighted by atomic mass is 16.5. The summed E-state index contributed by atoms with van der Waals surface area (Å²) < 4.78 is 4.76. The van der Waals surface area contributed by atoms with Gasteiger partial charge in [-0.2, -0.15) is 0 Å². The number of aromatic nitrogens is 2. The maximum absolute atomic E-state index is 11.6. The lowest BCUT2D eigenvalue weighted by atomic mass is 9.68. The highest BCUT2D eigenvalue weighted by Crippen LogP contribution is 2.37. The first-order chi connectivity index (χ1) is 8.22. The minimum atomic E-state index is -0.627. The van der Waals surface area contributed by atoms with Gasteiger partial charge in [-0.25, -0.2) is 0 Å². The van der Waals surface area contributed by atoms with Gasteiger partial charge in [-0.15, -0.1) is 0 Å². The molecule has 1 unspecified atom stereocenters. The number of nitrogens with zero attached hydrogens (tertiary/aromatic N) is 2. The van der Waals surface area contributed by atoms with Gasteiger partial charge in [0.1, 0.15) is 0 Å². The molecule has 0 radical (unpaired) electrons. The standard InChI is InChI=1S/C13H21N3O2/c1-9-11(16-7-6-15-9)13(4,12(2,3)14)8-10(17)18-5/h6-7H,8,14H2,1-5H3. The van der Waals surface area contributed by atoms with Crippen molar-refractivity contribution in [1.82, 2.24) is 9.97 Å². The van der Waals surface area contributed by atoms with E-state index in [9.17, 15) is 4.79 Å². The summed E-state index contributed by atoms with van der Waals surface area (Å²) in [5.41, 5.74) is 6.51. The molecule has 0 saturated heterocycles. The molecule has 0 spiro atoms. The molecule has 2 N–H and O–H groups in total. The third-order valence-corrected chi connectivity index (χ3v) is 3.55. The SMILES string of the molecule is COC(=O)CC(C)(c1nccnc1C)C(C)(C)N. The number of esters is 1. The summed E-state index contributed by atoms with van der Waals surface area (Å²) in [4.78, 5) is 20.2. The van der Waals surface area contributed by atoms with Crippen molar-refractivity contribution in [2.75, 3.05) is 7.11 Å². The van der Waals surface area contributed by atoms with Gasteiger partial charge < -0.3 is 10.5 Å². The zero-order valence-electron chi connectivity index (χ0n) is 11.7. The summed E-state index contributed by atoms with van der Waals surface area (Å²) in [6.45, 7) is 7.54. The number of hydrogen-bond acceptors (Lipinski definition) is 5. The number of nitrogens with two attached hydrogens (primary N) is 1. The minimum Gasteiger partial charge on any atom is -0.469 e. The number of carbonyl (C=O) groups excluding carboxylic acids is 1. The van der Waals surface area contributed by atoms with E-state index in [1.54, 1.807) is 12.4 Å². The number of methoxy groups -OCH3 is 1. The summed E-state index contributed by atoms with van der Waals surface area (Å²) in [7, 11) is 1.37. The predicted octanol–water partition coefficient (Wildman–Crippen LogP) is 1.34. The predicted molar refractivity (Wildman–Crippen MR) is 69.0 cm³/mol. The van der Waals surface area contributed by atoms with Crippen molar-refractivity contribution in [1.29, 1.82) is 0 Å². The van der Waals surface area contributed by atoms with Gasteiger partial charge in [0.2, 0.25) is 0 Å². The van der Waals surface area contributed by atoms with Crippen molar-refractivity contribution in [2.24, 2.45) is 5.73 Å². The fourth-order valence-electron chi connectivity index (χ4n) is 1.93. The van der Waals surface area contributed by atoms with Crippen molar-refractivity contribution in [3.8, 4) is 0 Å². The third kappa shape index (κ3) is 2.67. The first kappa shape index (κ1) is 14.6. The summed E-state index contributed by atoms with van der Waals surface area (Å²) in [5, 5.41) is 0. The maximum atomic E-state index is 11.6. The third-order valence-electron chi connectivity index (χ3n) is 3.55. The highest BCUT2D eigenvalue weighted by molar-refractivity contribution is 5.71. The molecule has 18 heavy (non-hydrogen) atoms. The molecule has 100 valence electrons. The zero-order chi connectivity index (χ0) is 14.0. The molecule has 0 aliphatic rings. The number of aryl methyl sites for hydroxylation is 1. The van der Waals surface area contributed by atoms with Gasteiger partial charge >= 0.3 is 5.97 Å². The van der Waals surface area contributed by atoms with Gasteiger partial charge in [-0.1, -0.05) is 6.92 Å². The van der Waals surface area contributed by atoms with E-state index >= 15 is 0 Å². The molecular formula is C13H21N3O2. The van der Waals surface area contributed by atoms with E-state index in [-0.39, 0.29) is 12.4 Å². The molecule has 1 heterocycles. The summed E-state index contributed by atoms with van der Waals surface area (Å²) in [6, 6.07) is 0. The molecule has 5 nitrogen and oxygen atoms in total. The van der Waals surface area contributed by atoms with Crippen LogP contribution >= 0.6 is 0 Å². The van der Waals surface area contributed by atoms with Crippen LogP contribution in [0.1, 0.15) is 38.6 Å². The second-order valence-corrected chi connectivity index (χ2v) is 5.30. The molecule has 0 amide bonds. The van der Waals surface area contributed by atoms with E-state index in [4.69, 9.17) is 10.5 Å². The lowest BCUT2D eigenvalue weighted by molar-refractivity contribution is -0.142. The quantitative estimate of drug-likeness (QED) is 0.817. The van der Waals surface area contributed by atoms with E-state index in [1.807, 2.05) is 27.7 Å². The molecule has 0 aliphatic carbocycles. The van der Waals surface area contributed by atoms with Gasteiger partial charge in [0, 0.05) is 23.3 Å². The molecule has 1 rings (SSSR count). The fraction of sp³-hybridized carbons (Fsp3) is 0.615. The fourth-order valence-corrected chi connectivity index (χ4v) is 1.93. The van der Waals surface area contributed by atoms with Crippen LogP contribution in [0.15, 0.2) is 12.4 Å². The topological polar surface area (TPSA) is 78.1 Å². The molecule has 0 bridgehead atoms. The molecule has 5 heteroatoms. The Balaban J connectivity index is 3.30. The Bertz CT molecular complexity index is 440. The van der Waals surface area contributed by atoms with Crippen molar-refractivity contribution in [3.63, 3.8) is 0 Å². The molecule has 1 atom stereocenters. The number of hydrogen-bond donors (Lipinski definition) is 1. The smallest absolute Gasteiger partial charge is 0.306 e. The Hall–Kier alpha value is -1.49. The van der Waals surface area contributed by atoms with Gasteiger partial charge in [0.15, 0.2) is 0 Å². The van der Waals surface area contributed by atoms with Crippen LogP contribution in [0.4, 0.5) is 0 Å². The van der Waals surface area contributed by atoms with E-state index in [0.29, 0.717) is 0 Å². The average molecular weight is 251 g/mol. The van der Waals surface area contributed by atoms with Crippen LogP contribution in [0, 0.1) is 6.92 Å². The molecule has 0 saturated carbocycles. The molecule has 0 fully saturated rings. The summed E-state index contributed by atoms with van der Waals surface area (Å²) in [6.07, 6.45) is 3.41. The van der Waals surface area contributed by atoms with Gasteiger partial charge in [0.25, 0.3) is 0 Å². The van der Waals surface area contributed by atoms with Crippen LogP contribution in [0.2, 0.25) is 0 Å². The van der Waals surface area contributed by atoms with Gasteiger partial charge in [0.05, 0.1) is 24.9 Å². The first-order valence-corrected chi connectivity index (χ1v) is 5.86. The largest absolute Gasteiger partial charge is 0.469 e. The minimum absolute atomic E-state index is 0.173. The number of rotatable bonds is 4. The molecule has 1 aromatic heterocycles. The second kappa shape index (κ2) is 5.02. The Labute approximate surface area is 108 Å². The van der Waals surface area contributed by atoms with E-state index in [0.717, 1.165) is 11.4 Å². The van der Waals surface area contributed by atoms with E-state index in [1.165, 1.54) is 7.11 Å². The zero-order valence-corrected chi connectivity index (χ0v) is 11.7. The van der Waals surface area contributed by atoms with Gasteiger partial charge in [-0.05, 0) is 20.8 Å². The van der Waals surface area contributed by atoms with Crippen molar-refractivity contribution in [3.05, 3.63) is 23.8 Å². The van der Waals surface area contributed by atoms with Crippen LogP contribution in [-0.4, -0.2) is 28.6 Å². The Morgan fingerprint density at radius 3 is 2.33 bits per heavy atom. The van der Waals surface area contributed by atoms with Crippen LogP contribution in [0.5, 0.6) is 0 Å². The molecular weight excluding hydrogens is 230 g/mol. The first-order valence-electron chi connectivity index (χ1n) is 5.86. The van der Waals surface area contributed by atoms with Crippen molar-refractivity contribution >= 4 is 5.97 Å². The molecule has 1 aromatic rings. The molecule has 0 aliphatic heterocycles. The molecule has 0 aromatic carbocycles. The Morgan fingerprint density at radius 2 is 1.89 bits per heavy atom. The van der Waals surface area contributed by atoms with Crippen LogP contribution in [0.3, 0.4) is 0 Å². The van der Waals surface area contributed by atoms with E-state index in [2.05, 4.69) is 9.97 Å². The average Bonchev–Trinajstić information content (AvgIpc) is 2.27. The highest BCUT2D eigenvalue weighted by Gasteiger charge is 2.44. The van der Waals surface area contributed by atoms with Gasteiger partial charge in [-0.3, -0.25) is 14.8 Å². The second-order valence-electron chi connectivity index (χ2n) is 5.30. The van der Waals surface area contributed by atoms with Crippen molar-refractivity contribution in [2.45, 2.75) is 45.1 Å². The van der Waals surface area contributed by atoms with E-state index < -0.39 is 11.0 Å². The number of ether oxygens (including phenoxy) is 1. The normalized spacial score (nSPS) is 15.0. The monoisotopic (exact) mass is 251 g/mol. The Morgan fingerprint density at radius 1 is 1.33 bits per heavy atom. The summed E-state index contributed by atoms with van der Waals surface area (Å²) >= 11 is 0. The maximum Gasteiger partial charge on any atom is 0.306 e. The lowest BCUT2D eigenvalue weighted by Gasteiger charge is -2.40. The van der Waals surface area contributed by atoms with Crippen LogP contribution < -0.4 is 5.73 Å². The lowest BCUT2D eigenvalue weighted by Crippen LogP contribution is -2.54. The summed E-state index contributed by atoms with van der Waals surface area (Å²) in [5.74, 6) is -0.305. The van der Waals surface area contributed by atoms with Crippen LogP contribution in [-0.2, 0) is 14.9 Å².